The number of fused-ring (bicyclic) bond motifs is 1. The maximum absolute atomic E-state index is 12.2. The maximum Gasteiger partial charge on any atom is 0.243 e. The van der Waals surface area contributed by atoms with Gasteiger partial charge < -0.3 is 14.5 Å². The summed E-state index contributed by atoms with van der Waals surface area (Å²) >= 11 is 0. The maximum atomic E-state index is 12.2. The van der Waals surface area contributed by atoms with Gasteiger partial charge in [0.1, 0.15) is 6.04 Å². The van der Waals surface area contributed by atoms with Crippen LogP contribution < -0.4 is 5.32 Å². The summed E-state index contributed by atoms with van der Waals surface area (Å²) in [5, 5.41) is 2.97. The van der Waals surface area contributed by atoms with Crippen LogP contribution in [-0.4, -0.2) is 25.0 Å². The topological polar surface area (TPSA) is 64.7 Å². The fourth-order valence-electron chi connectivity index (χ4n) is 3.07. The molecule has 1 atom stereocenters. The molecule has 0 bridgehead atoms. The zero-order chi connectivity index (χ0) is 18.6. The van der Waals surface area contributed by atoms with Crippen molar-refractivity contribution in [3.05, 3.63) is 84.7 Å². The van der Waals surface area contributed by atoms with Gasteiger partial charge in [0.15, 0.2) is 0 Å². The molecule has 4 aromatic rings. The minimum atomic E-state index is -0.277. The lowest BCUT2D eigenvalue weighted by Gasteiger charge is -2.13. The summed E-state index contributed by atoms with van der Waals surface area (Å²) in [6.07, 6.45) is 6.99. The van der Waals surface area contributed by atoms with Gasteiger partial charge in [-0.2, -0.15) is 0 Å². The number of nitrogens with zero attached hydrogens (tertiary/aromatic N) is 4. The van der Waals surface area contributed by atoms with Crippen LogP contribution in [0.5, 0.6) is 0 Å². The number of carbonyl (C=O) groups is 1. The van der Waals surface area contributed by atoms with Crippen LogP contribution in [0, 0.1) is 0 Å². The Morgan fingerprint density at radius 1 is 1.07 bits per heavy atom. The van der Waals surface area contributed by atoms with Gasteiger partial charge in [-0.05, 0) is 30.2 Å². The molecule has 0 saturated carbocycles. The Hall–Kier alpha value is -3.41. The van der Waals surface area contributed by atoms with E-state index in [0.29, 0.717) is 6.54 Å². The van der Waals surface area contributed by atoms with Crippen molar-refractivity contribution in [2.75, 3.05) is 0 Å². The monoisotopic (exact) mass is 359 g/mol. The van der Waals surface area contributed by atoms with Crippen LogP contribution in [0.1, 0.15) is 24.1 Å². The summed E-state index contributed by atoms with van der Waals surface area (Å²) in [6.45, 7) is 3.13. The van der Waals surface area contributed by atoms with E-state index in [1.54, 1.807) is 23.3 Å². The first-order valence-corrected chi connectivity index (χ1v) is 8.93. The Balaban J connectivity index is 1.37. The quantitative estimate of drug-likeness (QED) is 0.575. The van der Waals surface area contributed by atoms with Crippen molar-refractivity contribution < 1.29 is 4.79 Å². The molecular weight excluding hydrogens is 338 g/mol. The van der Waals surface area contributed by atoms with Crippen molar-refractivity contribution >= 4 is 16.9 Å². The number of carbonyl (C=O) groups excluding carboxylic acids is 1. The molecule has 2 aromatic heterocycles. The first kappa shape index (κ1) is 17.0. The molecule has 6 nitrogen and oxygen atoms in total. The number of nitrogens with one attached hydrogen (secondary N) is 1. The fourth-order valence-corrected chi connectivity index (χ4v) is 3.07. The third-order valence-electron chi connectivity index (χ3n) is 4.72. The van der Waals surface area contributed by atoms with Gasteiger partial charge in [0, 0.05) is 25.5 Å². The number of amides is 1. The molecule has 136 valence electrons. The predicted molar refractivity (Wildman–Crippen MR) is 104 cm³/mol. The zero-order valence-electron chi connectivity index (χ0n) is 15.1. The second kappa shape index (κ2) is 7.45. The lowest BCUT2D eigenvalue weighted by atomic mass is 10.1. The van der Waals surface area contributed by atoms with Crippen molar-refractivity contribution in [3.8, 4) is 0 Å². The first-order valence-electron chi connectivity index (χ1n) is 8.93. The smallest absolute Gasteiger partial charge is 0.243 e. The van der Waals surface area contributed by atoms with Crippen molar-refractivity contribution in [1.29, 1.82) is 0 Å². The SMILES string of the molecule is C[C@@H](C(=O)NCc1ccc(Cn2cnc3ccccc32)cc1)n1ccnc1. The van der Waals surface area contributed by atoms with Gasteiger partial charge in [0.2, 0.25) is 5.91 Å². The molecule has 0 saturated heterocycles. The summed E-state index contributed by atoms with van der Waals surface area (Å²) < 4.78 is 3.92. The van der Waals surface area contributed by atoms with E-state index in [2.05, 4.69) is 50.2 Å². The molecule has 0 fully saturated rings. The van der Waals surface area contributed by atoms with Gasteiger partial charge in [-0.15, -0.1) is 0 Å². The summed E-state index contributed by atoms with van der Waals surface area (Å²) in [6, 6.07) is 16.1. The highest BCUT2D eigenvalue weighted by Gasteiger charge is 2.13. The summed E-state index contributed by atoms with van der Waals surface area (Å²) in [5.41, 5.74) is 4.40. The second-order valence-corrected chi connectivity index (χ2v) is 6.58. The highest BCUT2D eigenvalue weighted by Crippen LogP contribution is 2.14. The lowest BCUT2D eigenvalue weighted by Crippen LogP contribution is -2.30. The number of benzene rings is 2. The highest BCUT2D eigenvalue weighted by atomic mass is 16.2. The van der Waals surface area contributed by atoms with E-state index in [0.717, 1.165) is 23.1 Å². The van der Waals surface area contributed by atoms with Gasteiger partial charge in [-0.25, -0.2) is 9.97 Å². The number of rotatable bonds is 6. The third kappa shape index (κ3) is 3.74. The van der Waals surface area contributed by atoms with E-state index < -0.39 is 0 Å². The minimum absolute atomic E-state index is 0.0260. The number of hydrogen-bond donors (Lipinski definition) is 1. The Bertz CT molecular complexity index is 1030. The fraction of sp³-hybridized carbons (Fsp3) is 0.190. The van der Waals surface area contributed by atoms with Crippen LogP contribution in [0.3, 0.4) is 0 Å². The van der Waals surface area contributed by atoms with Gasteiger partial charge in [0.05, 0.1) is 23.7 Å². The van der Waals surface area contributed by atoms with E-state index in [4.69, 9.17) is 0 Å². The summed E-state index contributed by atoms with van der Waals surface area (Å²) in [5.74, 6) is -0.0260. The number of hydrogen-bond acceptors (Lipinski definition) is 3. The average molecular weight is 359 g/mol. The molecule has 0 aliphatic rings. The van der Waals surface area contributed by atoms with Crippen molar-refractivity contribution in [2.45, 2.75) is 26.1 Å². The average Bonchev–Trinajstić information content (AvgIpc) is 3.37. The Kier molecular flexibility index (Phi) is 4.70. The van der Waals surface area contributed by atoms with Gasteiger partial charge in [-0.3, -0.25) is 4.79 Å². The summed E-state index contributed by atoms with van der Waals surface area (Å²) in [7, 11) is 0. The van der Waals surface area contributed by atoms with Crippen molar-refractivity contribution in [1.82, 2.24) is 24.4 Å². The van der Waals surface area contributed by atoms with Gasteiger partial charge >= 0.3 is 0 Å². The van der Waals surface area contributed by atoms with Crippen LogP contribution in [0.25, 0.3) is 11.0 Å². The van der Waals surface area contributed by atoms with E-state index in [1.807, 2.05) is 31.5 Å². The van der Waals surface area contributed by atoms with Crippen molar-refractivity contribution in [2.24, 2.45) is 0 Å². The molecule has 0 unspecified atom stereocenters. The Labute approximate surface area is 157 Å². The molecular formula is C21H21N5O. The molecule has 0 aliphatic heterocycles. The number of para-hydroxylation sites is 2. The Morgan fingerprint density at radius 2 is 1.85 bits per heavy atom. The van der Waals surface area contributed by atoms with Crippen molar-refractivity contribution in [3.63, 3.8) is 0 Å². The van der Waals surface area contributed by atoms with Crippen LogP contribution in [-0.2, 0) is 17.9 Å². The van der Waals surface area contributed by atoms with E-state index >= 15 is 0 Å². The predicted octanol–water partition coefficient (Wildman–Crippen LogP) is 3.16. The minimum Gasteiger partial charge on any atom is -0.350 e. The van der Waals surface area contributed by atoms with Crippen LogP contribution in [0.4, 0.5) is 0 Å². The first-order chi connectivity index (χ1) is 13.2. The standard InChI is InChI=1S/C21H21N5O/c1-16(25-11-10-22-14-25)21(27)23-12-17-6-8-18(9-7-17)13-26-15-24-19-4-2-3-5-20(19)26/h2-11,14-16H,12-13H2,1H3,(H,23,27)/t16-/m0/s1. The van der Waals surface area contributed by atoms with Gasteiger partial charge in [0.25, 0.3) is 0 Å². The second-order valence-electron chi connectivity index (χ2n) is 6.58. The molecule has 27 heavy (non-hydrogen) atoms. The van der Waals surface area contributed by atoms with E-state index in [-0.39, 0.29) is 11.9 Å². The van der Waals surface area contributed by atoms with Crippen LogP contribution in [0.2, 0.25) is 0 Å². The molecule has 1 amide bonds. The van der Waals surface area contributed by atoms with E-state index in [9.17, 15) is 4.79 Å². The molecule has 1 N–H and O–H groups in total. The molecule has 0 aliphatic carbocycles. The van der Waals surface area contributed by atoms with Gasteiger partial charge in [-0.1, -0.05) is 36.4 Å². The Morgan fingerprint density at radius 3 is 2.63 bits per heavy atom. The third-order valence-corrected chi connectivity index (χ3v) is 4.72. The molecule has 2 heterocycles. The number of aromatic nitrogens is 4. The number of imidazole rings is 2. The molecule has 4 rings (SSSR count). The van der Waals surface area contributed by atoms with Crippen LogP contribution >= 0.6 is 0 Å². The lowest BCUT2D eigenvalue weighted by molar-refractivity contribution is -0.124. The zero-order valence-corrected chi connectivity index (χ0v) is 15.1. The molecule has 0 spiro atoms. The largest absolute Gasteiger partial charge is 0.350 e. The highest BCUT2D eigenvalue weighted by molar-refractivity contribution is 5.79. The molecule has 0 radical (unpaired) electrons. The van der Waals surface area contributed by atoms with E-state index in [1.165, 1.54) is 5.56 Å². The molecule has 6 heteroatoms. The normalized spacial score (nSPS) is 12.2. The summed E-state index contributed by atoms with van der Waals surface area (Å²) in [4.78, 5) is 20.7. The molecule has 2 aromatic carbocycles. The van der Waals surface area contributed by atoms with Crippen LogP contribution in [0.15, 0.2) is 73.6 Å².